The van der Waals surface area contributed by atoms with Gasteiger partial charge in [-0.3, -0.25) is 4.79 Å². The molecule has 1 heterocycles. The van der Waals surface area contributed by atoms with Crippen molar-refractivity contribution in [1.82, 2.24) is 9.97 Å². The monoisotopic (exact) mass is 388 g/mol. The van der Waals surface area contributed by atoms with Gasteiger partial charge in [0.25, 0.3) is 5.91 Å². The van der Waals surface area contributed by atoms with Gasteiger partial charge < -0.3 is 10.6 Å². The van der Waals surface area contributed by atoms with Gasteiger partial charge in [0, 0.05) is 28.8 Å². The number of amides is 1. The lowest BCUT2D eigenvalue weighted by Gasteiger charge is -2.15. The highest BCUT2D eigenvalue weighted by molar-refractivity contribution is 6.05. The fraction of sp³-hybridized carbons (Fsp3) is 0.292. The maximum absolute atomic E-state index is 12.9. The maximum atomic E-state index is 12.9. The van der Waals surface area contributed by atoms with E-state index in [4.69, 9.17) is 0 Å². The second-order valence-electron chi connectivity index (χ2n) is 6.99. The number of rotatable bonds is 7. The number of hydrogen-bond acceptors (Lipinski definition) is 4. The molecule has 0 unspecified atom stereocenters. The summed E-state index contributed by atoms with van der Waals surface area (Å²) in [4.78, 5) is 21.7. The minimum atomic E-state index is -0.0977. The van der Waals surface area contributed by atoms with Crippen LogP contribution < -0.4 is 10.6 Å². The highest BCUT2D eigenvalue weighted by Crippen LogP contribution is 2.25. The van der Waals surface area contributed by atoms with Crippen molar-refractivity contribution >= 4 is 23.2 Å². The molecule has 2 N–H and O–H groups in total. The molecule has 0 radical (unpaired) electrons. The highest BCUT2D eigenvalue weighted by Gasteiger charge is 2.13. The van der Waals surface area contributed by atoms with Gasteiger partial charge in [0.15, 0.2) is 0 Å². The second kappa shape index (κ2) is 9.32. The molecule has 0 saturated heterocycles. The predicted molar refractivity (Wildman–Crippen MR) is 119 cm³/mol. The Kier molecular flexibility index (Phi) is 6.60. The van der Waals surface area contributed by atoms with Crippen LogP contribution in [-0.4, -0.2) is 15.9 Å². The van der Waals surface area contributed by atoms with Crippen molar-refractivity contribution in [3.8, 4) is 0 Å². The molecule has 0 saturated carbocycles. The minimum absolute atomic E-state index is 0.0977. The molecule has 5 nitrogen and oxygen atoms in total. The summed E-state index contributed by atoms with van der Waals surface area (Å²) >= 11 is 0. The Morgan fingerprint density at radius 3 is 2.31 bits per heavy atom. The molecule has 3 rings (SSSR count). The van der Waals surface area contributed by atoms with E-state index in [1.54, 1.807) is 6.20 Å². The maximum Gasteiger partial charge on any atom is 0.255 e. The summed E-state index contributed by atoms with van der Waals surface area (Å²) in [6.45, 7) is 8.24. The first-order valence-corrected chi connectivity index (χ1v) is 10.2. The third-order valence-corrected chi connectivity index (χ3v) is 5.05. The van der Waals surface area contributed by atoms with Crippen LogP contribution in [0.15, 0.2) is 48.7 Å². The number of carbonyl (C=O) groups excluding carboxylic acids is 1. The summed E-state index contributed by atoms with van der Waals surface area (Å²) in [5.74, 6) is 0.466. The molecule has 29 heavy (non-hydrogen) atoms. The van der Waals surface area contributed by atoms with Gasteiger partial charge in [-0.2, -0.15) is 0 Å². The number of nitrogens with zero attached hydrogens (tertiary/aromatic N) is 2. The molecular formula is C24H28N4O. The number of aryl methyl sites for hydroxylation is 4. The van der Waals surface area contributed by atoms with E-state index in [1.807, 2.05) is 37.3 Å². The van der Waals surface area contributed by atoms with Gasteiger partial charge in [-0.1, -0.05) is 39.0 Å². The third kappa shape index (κ3) is 4.80. The summed E-state index contributed by atoms with van der Waals surface area (Å²) in [6.07, 6.45) is 4.36. The van der Waals surface area contributed by atoms with E-state index >= 15 is 0 Å². The molecule has 150 valence electrons. The van der Waals surface area contributed by atoms with Crippen molar-refractivity contribution in [3.63, 3.8) is 0 Å². The molecule has 0 atom stereocenters. The highest BCUT2D eigenvalue weighted by atomic mass is 16.1. The third-order valence-electron chi connectivity index (χ3n) is 5.05. The zero-order valence-corrected chi connectivity index (χ0v) is 17.5. The molecule has 1 aromatic heterocycles. The van der Waals surface area contributed by atoms with Crippen LogP contribution in [0.4, 0.5) is 17.3 Å². The van der Waals surface area contributed by atoms with E-state index in [-0.39, 0.29) is 5.91 Å². The number of para-hydroxylation sites is 1. The topological polar surface area (TPSA) is 66.9 Å². The fourth-order valence-electron chi connectivity index (χ4n) is 3.31. The number of aromatic nitrogens is 2. The van der Waals surface area contributed by atoms with Crippen LogP contribution in [0, 0.1) is 6.92 Å². The number of anilines is 3. The van der Waals surface area contributed by atoms with Gasteiger partial charge in [-0.15, -0.1) is 0 Å². The van der Waals surface area contributed by atoms with E-state index < -0.39 is 0 Å². The van der Waals surface area contributed by atoms with E-state index in [9.17, 15) is 4.79 Å². The van der Waals surface area contributed by atoms with Gasteiger partial charge in [0.2, 0.25) is 5.95 Å². The van der Waals surface area contributed by atoms with Gasteiger partial charge in [0.1, 0.15) is 0 Å². The first kappa shape index (κ1) is 20.5. The van der Waals surface area contributed by atoms with Crippen molar-refractivity contribution in [3.05, 3.63) is 76.6 Å². The SMILES string of the molecule is CCc1ccnc(Nc2ccc(C(=O)Nc3c(CC)cccc3CC)cc2C)n1. The van der Waals surface area contributed by atoms with Gasteiger partial charge in [-0.25, -0.2) is 9.97 Å². The predicted octanol–water partition coefficient (Wildman–Crippen LogP) is 5.47. The Hall–Kier alpha value is -3.21. The zero-order chi connectivity index (χ0) is 20.8. The molecule has 0 aliphatic carbocycles. The molecule has 2 aromatic carbocycles. The summed E-state index contributed by atoms with van der Waals surface area (Å²) in [6, 6.07) is 13.7. The first-order chi connectivity index (χ1) is 14.0. The van der Waals surface area contributed by atoms with E-state index in [1.165, 1.54) is 0 Å². The molecular weight excluding hydrogens is 360 g/mol. The number of hydrogen-bond donors (Lipinski definition) is 2. The van der Waals surface area contributed by atoms with Crippen LogP contribution >= 0.6 is 0 Å². The summed E-state index contributed by atoms with van der Waals surface area (Å²) in [7, 11) is 0. The normalized spacial score (nSPS) is 10.6. The molecule has 0 spiro atoms. The Balaban J connectivity index is 1.80. The Morgan fingerprint density at radius 1 is 0.966 bits per heavy atom. The zero-order valence-electron chi connectivity index (χ0n) is 17.5. The van der Waals surface area contributed by atoms with Crippen LogP contribution in [0.2, 0.25) is 0 Å². The Labute approximate surface area is 172 Å². The second-order valence-corrected chi connectivity index (χ2v) is 6.99. The lowest BCUT2D eigenvalue weighted by atomic mass is 10.0. The van der Waals surface area contributed by atoms with Gasteiger partial charge >= 0.3 is 0 Å². The van der Waals surface area contributed by atoms with Gasteiger partial charge in [0.05, 0.1) is 0 Å². The quantitative estimate of drug-likeness (QED) is 0.563. The van der Waals surface area contributed by atoms with Crippen LogP contribution in [-0.2, 0) is 19.3 Å². The van der Waals surface area contributed by atoms with Crippen LogP contribution in [0.5, 0.6) is 0 Å². The summed E-state index contributed by atoms with van der Waals surface area (Å²) in [5, 5.41) is 6.37. The Morgan fingerprint density at radius 2 is 1.69 bits per heavy atom. The smallest absolute Gasteiger partial charge is 0.255 e. The lowest BCUT2D eigenvalue weighted by molar-refractivity contribution is 0.102. The number of benzene rings is 2. The van der Waals surface area contributed by atoms with Crippen LogP contribution in [0.1, 0.15) is 53.5 Å². The fourth-order valence-corrected chi connectivity index (χ4v) is 3.31. The lowest BCUT2D eigenvalue weighted by Crippen LogP contribution is -2.15. The van der Waals surface area contributed by atoms with Gasteiger partial charge in [-0.05, 0) is 67.1 Å². The summed E-state index contributed by atoms with van der Waals surface area (Å²) < 4.78 is 0. The Bertz CT molecular complexity index is 991. The minimum Gasteiger partial charge on any atom is -0.324 e. The van der Waals surface area contributed by atoms with Crippen molar-refractivity contribution in [2.24, 2.45) is 0 Å². The molecule has 0 aliphatic heterocycles. The van der Waals surface area contributed by atoms with Crippen molar-refractivity contribution < 1.29 is 4.79 Å². The van der Waals surface area contributed by atoms with Crippen LogP contribution in [0.3, 0.4) is 0 Å². The van der Waals surface area contributed by atoms with E-state index in [0.717, 1.165) is 53.0 Å². The molecule has 0 aliphatic rings. The first-order valence-electron chi connectivity index (χ1n) is 10.2. The molecule has 0 bridgehead atoms. The largest absolute Gasteiger partial charge is 0.324 e. The average molecular weight is 389 g/mol. The van der Waals surface area contributed by atoms with Crippen LogP contribution in [0.25, 0.3) is 0 Å². The molecule has 3 aromatic rings. The molecule has 1 amide bonds. The van der Waals surface area contributed by atoms with Crippen molar-refractivity contribution in [1.29, 1.82) is 0 Å². The number of carbonyl (C=O) groups is 1. The molecule has 5 heteroatoms. The summed E-state index contributed by atoms with van der Waals surface area (Å²) in [5.41, 5.74) is 6.70. The van der Waals surface area contributed by atoms with Crippen molar-refractivity contribution in [2.45, 2.75) is 47.0 Å². The van der Waals surface area contributed by atoms with E-state index in [0.29, 0.717) is 11.5 Å². The number of nitrogens with one attached hydrogen (secondary N) is 2. The van der Waals surface area contributed by atoms with E-state index in [2.05, 4.69) is 53.5 Å². The average Bonchev–Trinajstić information content (AvgIpc) is 2.75. The molecule has 0 fully saturated rings. The van der Waals surface area contributed by atoms with Crippen molar-refractivity contribution in [2.75, 3.05) is 10.6 Å². The standard InChI is InChI=1S/C24H28N4O/c1-5-17-9-8-10-18(6-2)22(17)28-23(29)19-11-12-21(16(4)15-19)27-24-25-14-13-20(7-3)26-24/h8-15H,5-7H2,1-4H3,(H,28,29)(H,25,26,27).